The molecule has 3 heterocycles. The highest BCUT2D eigenvalue weighted by molar-refractivity contribution is 6.29. The molecule has 0 saturated carbocycles. The van der Waals surface area contributed by atoms with E-state index in [0.29, 0.717) is 24.3 Å². The minimum Gasteiger partial charge on any atom is -0.467 e. The molecule has 7 heteroatoms. The molecule has 124 valence electrons. The van der Waals surface area contributed by atoms with Gasteiger partial charge in [0.15, 0.2) is 0 Å². The summed E-state index contributed by atoms with van der Waals surface area (Å²) in [5.41, 5.74) is 1.27. The minimum absolute atomic E-state index is 0.0508. The third-order valence-electron chi connectivity index (χ3n) is 3.99. The zero-order valence-electron chi connectivity index (χ0n) is 13.0. The van der Waals surface area contributed by atoms with E-state index in [-0.39, 0.29) is 23.7 Å². The maximum atomic E-state index is 12.7. The highest BCUT2D eigenvalue weighted by Crippen LogP contribution is 2.22. The molecule has 1 fully saturated rings. The van der Waals surface area contributed by atoms with Crippen molar-refractivity contribution in [3.63, 3.8) is 0 Å². The van der Waals surface area contributed by atoms with Crippen LogP contribution in [0, 0.1) is 6.92 Å². The number of aromatic nitrogens is 1. The summed E-state index contributed by atoms with van der Waals surface area (Å²) in [6.07, 6.45) is 3.83. The van der Waals surface area contributed by atoms with Crippen molar-refractivity contribution in [3.05, 3.63) is 40.6 Å². The SMILES string of the molecule is Cc1noc(Cl)c1CC(=O)N(Cc1ccco1)C[C@H]1CCCO1. The molecule has 3 rings (SSSR count). The number of hydrogen-bond donors (Lipinski definition) is 0. The molecule has 6 nitrogen and oxygen atoms in total. The lowest BCUT2D eigenvalue weighted by Crippen LogP contribution is -2.37. The van der Waals surface area contributed by atoms with Gasteiger partial charge in [-0.3, -0.25) is 4.79 Å². The Morgan fingerprint density at radius 2 is 2.39 bits per heavy atom. The van der Waals surface area contributed by atoms with Crippen molar-refractivity contribution < 1.29 is 18.5 Å². The van der Waals surface area contributed by atoms with Crippen molar-refractivity contribution in [2.24, 2.45) is 0 Å². The number of aryl methyl sites for hydroxylation is 1. The van der Waals surface area contributed by atoms with Crippen LogP contribution >= 0.6 is 11.6 Å². The Labute approximate surface area is 139 Å². The molecule has 0 spiro atoms. The number of halogens is 1. The molecule has 2 aromatic rings. The molecule has 0 unspecified atom stereocenters. The highest BCUT2D eigenvalue weighted by atomic mass is 35.5. The second kappa shape index (κ2) is 7.19. The summed E-state index contributed by atoms with van der Waals surface area (Å²) in [6.45, 7) is 3.48. The first kappa shape index (κ1) is 16.1. The van der Waals surface area contributed by atoms with Crippen LogP contribution in [-0.2, 0) is 22.5 Å². The van der Waals surface area contributed by atoms with Crippen LogP contribution in [0.1, 0.15) is 29.9 Å². The highest BCUT2D eigenvalue weighted by Gasteiger charge is 2.25. The average Bonchev–Trinajstić information content (AvgIpc) is 3.26. The fraction of sp³-hybridized carbons (Fsp3) is 0.500. The zero-order chi connectivity index (χ0) is 16.2. The van der Waals surface area contributed by atoms with Gasteiger partial charge >= 0.3 is 0 Å². The van der Waals surface area contributed by atoms with Gasteiger partial charge in [0.1, 0.15) is 5.76 Å². The van der Waals surface area contributed by atoms with Gasteiger partial charge in [-0.05, 0) is 43.5 Å². The van der Waals surface area contributed by atoms with Crippen LogP contribution in [0.2, 0.25) is 5.22 Å². The van der Waals surface area contributed by atoms with Crippen molar-refractivity contribution in [1.29, 1.82) is 0 Å². The van der Waals surface area contributed by atoms with Gasteiger partial charge in [0.05, 0.1) is 31.0 Å². The van der Waals surface area contributed by atoms with Gasteiger partial charge in [0, 0.05) is 18.7 Å². The second-order valence-corrected chi connectivity index (χ2v) is 6.03. The lowest BCUT2D eigenvalue weighted by Gasteiger charge is -2.24. The lowest BCUT2D eigenvalue weighted by molar-refractivity contribution is -0.133. The third kappa shape index (κ3) is 3.95. The fourth-order valence-corrected chi connectivity index (χ4v) is 2.94. The van der Waals surface area contributed by atoms with Crippen LogP contribution in [0.25, 0.3) is 0 Å². The Hall–Kier alpha value is -1.79. The minimum atomic E-state index is -0.0508. The molecule has 1 saturated heterocycles. The summed E-state index contributed by atoms with van der Waals surface area (Å²) in [5.74, 6) is 0.689. The molecular formula is C16H19ClN2O4. The van der Waals surface area contributed by atoms with E-state index in [1.807, 2.05) is 12.1 Å². The number of amides is 1. The first-order valence-electron chi connectivity index (χ1n) is 7.66. The molecule has 0 aromatic carbocycles. The zero-order valence-corrected chi connectivity index (χ0v) is 13.7. The van der Waals surface area contributed by atoms with Gasteiger partial charge in [-0.25, -0.2) is 0 Å². The summed E-state index contributed by atoms with van der Waals surface area (Å²) >= 11 is 5.96. The number of nitrogens with zero attached hydrogens (tertiary/aromatic N) is 2. The van der Waals surface area contributed by atoms with E-state index in [0.717, 1.165) is 25.2 Å². The largest absolute Gasteiger partial charge is 0.467 e. The van der Waals surface area contributed by atoms with Crippen LogP contribution < -0.4 is 0 Å². The van der Waals surface area contributed by atoms with Gasteiger partial charge in [0.2, 0.25) is 11.1 Å². The lowest BCUT2D eigenvalue weighted by atomic mass is 10.1. The van der Waals surface area contributed by atoms with Crippen molar-refractivity contribution >= 4 is 17.5 Å². The molecule has 0 radical (unpaired) electrons. The quantitative estimate of drug-likeness (QED) is 0.810. The Kier molecular flexibility index (Phi) is 5.03. The second-order valence-electron chi connectivity index (χ2n) is 5.69. The monoisotopic (exact) mass is 338 g/mol. The molecule has 0 aliphatic carbocycles. The molecule has 0 N–H and O–H groups in total. The van der Waals surface area contributed by atoms with E-state index >= 15 is 0 Å². The van der Waals surface area contributed by atoms with Crippen LogP contribution in [0.15, 0.2) is 27.3 Å². The molecular weight excluding hydrogens is 320 g/mol. The van der Waals surface area contributed by atoms with E-state index in [1.54, 1.807) is 18.1 Å². The molecule has 0 bridgehead atoms. The van der Waals surface area contributed by atoms with E-state index in [2.05, 4.69) is 5.16 Å². The van der Waals surface area contributed by atoms with Gasteiger partial charge in [-0.15, -0.1) is 0 Å². The molecule has 1 aliphatic heterocycles. The number of furan rings is 1. The summed E-state index contributed by atoms with van der Waals surface area (Å²) in [4.78, 5) is 14.5. The first-order chi connectivity index (χ1) is 11.1. The summed E-state index contributed by atoms with van der Waals surface area (Å²) in [6, 6.07) is 3.67. The molecule has 2 aromatic heterocycles. The van der Waals surface area contributed by atoms with E-state index < -0.39 is 0 Å². The van der Waals surface area contributed by atoms with Gasteiger partial charge < -0.3 is 18.6 Å². The number of ether oxygens (including phenoxy) is 1. The average molecular weight is 339 g/mol. The van der Waals surface area contributed by atoms with Crippen LogP contribution in [-0.4, -0.2) is 35.2 Å². The van der Waals surface area contributed by atoms with Crippen molar-refractivity contribution in [2.45, 2.75) is 38.8 Å². The van der Waals surface area contributed by atoms with E-state index in [1.165, 1.54) is 0 Å². The summed E-state index contributed by atoms with van der Waals surface area (Å²) in [7, 11) is 0. The van der Waals surface area contributed by atoms with Crippen LogP contribution in [0.4, 0.5) is 0 Å². The number of carbonyl (C=O) groups excluding carboxylic acids is 1. The van der Waals surface area contributed by atoms with Crippen molar-refractivity contribution in [3.8, 4) is 0 Å². The third-order valence-corrected chi connectivity index (χ3v) is 4.29. The van der Waals surface area contributed by atoms with E-state index in [4.69, 9.17) is 25.3 Å². The van der Waals surface area contributed by atoms with Crippen LogP contribution in [0.3, 0.4) is 0 Å². The van der Waals surface area contributed by atoms with Crippen molar-refractivity contribution in [2.75, 3.05) is 13.2 Å². The Bertz CT molecular complexity index is 628. The summed E-state index contributed by atoms with van der Waals surface area (Å²) < 4.78 is 15.9. The van der Waals surface area contributed by atoms with Gasteiger partial charge in [-0.1, -0.05) is 5.16 Å². The predicted molar refractivity (Wildman–Crippen MR) is 83.1 cm³/mol. The molecule has 1 atom stereocenters. The maximum absolute atomic E-state index is 12.7. The van der Waals surface area contributed by atoms with E-state index in [9.17, 15) is 4.79 Å². The fourth-order valence-electron chi connectivity index (χ4n) is 2.70. The topological polar surface area (TPSA) is 68.7 Å². The molecule has 1 aliphatic rings. The summed E-state index contributed by atoms with van der Waals surface area (Å²) in [5, 5.41) is 3.96. The Balaban J connectivity index is 1.71. The first-order valence-corrected chi connectivity index (χ1v) is 8.03. The maximum Gasteiger partial charge on any atom is 0.229 e. The Morgan fingerprint density at radius 1 is 1.52 bits per heavy atom. The predicted octanol–water partition coefficient (Wildman–Crippen LogP) is 2.98. The van der Waals surface area contributed by atoms with Gasteiger partial charge in [-0.2, -0.15) is 0 Å². The van der Waals surface area contributed by atoms with Gasteiger partial charge in [0.25, 0.3) is 0 Å². The molecule has 1 amide bonds. The number of hydrogen-bond acceptors (Lipinski definition) is 5. The van der Waals surface area contributed by atoms with Crippen LogP contribution in [0.5, 0.6) is 0 Å². The number of carbonyl (C=O) groups is 1. The smallest absolute Gasteiger partial charge is 0.229 e. The Morgan fingerprint density at radius 3 is 3.00 bits per heavy atom. The standard InChI is InChI=1S/C16H19ClN2O4/c1-11-14(16(17)23-18-11)8-15(20)19(9-12-4-2-6-21-12)10-13-5-3-7-22-13/h2,4,6,13H,3,5,7-10H2,1H3/t13-/m1/s1. The van der Waals surface area contributed by atoms with Crippen molar-refractivity contribution in [1.82, 2.24) is 10.1 Å². The molecule has 23 heavy (non-hydrogen) atoms. The normalized spacial score (nSPS) is 17.6. The number of rotatable bonds is 6.